The fraction of sp³-hybridized carbons (Fsp3) is 0.471. The van der Waals surface area contributed by atoms with Crippen LogP contribution in [0.3, 0.4) is 0 Å². The number of nitrogens with zero attached hydrogens (tertiary/aromatic N) is 2. The minimum Gasteiger partial charge on any atom is -0.395 e. The summed E-state index contributed by atoms with van der Waals surface area (Å²) in [7, 11) is 1.57. The second-order valence-corrected chi connectivity index (χ2v) is 5.60. The number of hydrogen-bond donors (Lipinski definition) is 1. The molecular formula is C17H22N2O5. The molecule has 7 heteroatoms. The van der Waals surface area contributed by atoms with Crippen molar-refractivity contribution >= 4 is 17.7 Å². The molecule has 1 N–H and O–H groups in total. The zero-order valence-electron chi connectivity index (χ0n) is 13.9. The number of amides is 3. The zero-order chi connectivity index (χ0) is 17.7. The molecule has 130 valence electrons. The van der Waals surface area contributed by atoms with E-state index in [1.54, 1.807) is 31.4 Å². The van der Waals surface area contributed by atoms with Crippen LogP contribution in [0.2, 0.25) is 0 Å². The van der Waals surface area contributed by atoms with Crippen LogP contribution in [-0.2, 0) is 9.53 Å². The lowest BCUT2D eigenvalue weighted by Crippen LogP contribution is -2.50. The summed E-state index contributed by atoms with van der Waals surface area (Å²) < 4.78 is 4.97. The Hall–Kier alpha value is -2.25. The Morgan fingerprint density at radius 1 is 1.21 bits per heavy atom. The van der Waals surface area contributed by atoms with Crippen molar-refractivity contribution in [1.82, 2.24) is 9.80 Å². The maximum atomic E-state index is 12.7. The normalized spacial score (nSPS) is 14.7. The van der Waals surface area contributed by atoms with Crippen LogP contribution >= 0.6 is 0 Å². The molecule has 0 saturated carbocycles. The number of fused-ring (bicyclic) bond motifs is 1. The Kier molecular flexibility index (Phi) is 6.05. The van der Waals surface area contributed by atoms with E-state index in [2.05, 4.69) is 0 Å². The van der Waals surface area contributed by atoms with Gasteiger partial charge in [-0.2, -0.15) is 0 Å². The van der Waals surface area contributed by atoms with Crippen molar-refractivity contribution < 1.29 is 24.2 Å². The molecule has 0 aromatic heterocycles. The van der Waals surface area contributed by atoms with E-state index in [9.17, 15) is 14.4 Å². The van der Waals surface area contributed by atoms with Gasteiger partial charge >= 0.3 is 0 Å². The van der Waals surface area contributed by atoms with Crippen LogP contribution < -0.4 is 0 Å². The average Bonchev–Trinajstić information content (AvgIpc) is 2.84. The number of aliphatic hydroxyl groups excluding tert-OH is 1. The zero-order valence-corrected chi connectivity index (χ0v) is 13.9. The topological polar surface area (TPSA) is 87.2 Å². The molecule has 0 fully saturated rings. The summed E-state index contributed by atoms with van der Waals surface area (Å²) in [5, 5.41) is 9.16. The molecule has 0 saturated heterocycles. The standard InChI is InChI=1S/C17H22N2O5/c1-12(15(21)18(9-10-20)8-5-11-24-2)19-16(22)13-6-3-4-7-14(13)17(19)23/h3-4,6-7,12,20H,5,8-11H2,1-2H3. The number of hydrogen-bond acceptors (Lipinski definition) is 5. The summed E-state index contributed by atoms with van der Waals surface area (Å²) in [6, 6.07) is 5.60. The highest BCUT2D eigenvalue weighted by molar-refractivity contribution is 6.22. The van der Waals surface area contributed by atoms with E-state index in [1.807, 2.05) is 0 Å². The minimum absolute atomic E-state index is 0.149. The largest absolute Gasteiger partial charge is 0.395 e. The van der Waals surface area contributed by atoms with E-state index < -0.39 is 17.9 Å². The number of imide groups is 1. The first kappa shape index (κ1) is 18.1. The van der Waals surface area contributed by atoms with Crippen LogP contribution in [0, 0.1) is 0 Å². The van der Waals surface area contributed by atoms with Crippen molar-refractivity contribution in [2.24, 2.45) is 0 Å². The third-order valence-corrected chi connectivity index (χ3v) is 4.03. The molecule has 0 spiro atoms. The van der Waals surface area contributed by atoms with Gasteiger partial charge < -0.3 is 14.7 Å². The first-order valence-electron chi connectivity index (χ1n) is 7.88. The Morgan fingerprint density at radius 2 is 1.79 bits per heavy atom. The Bertz CT molecular complexity index is 596. The summed E-state index contributed by atoms with van der Waals surface area (Å²) >= 11 is 0. The third kappa shape index (κ3) is 3.47. The molecule has 1 aromatic rings. The van der Waals surface area contributed by atoms with Crippen molar-refractivity contribution in [1.29, 1.82) is 0 Å². The number of rotatable bonds is 8. The minimum atomic E-state index is -0.925. The quantitative estimate of drug-likeness (QED) is 0.553. The smallest absolute Gasteiger partial charge is 0.262 e. The molecule has 1 atom stereocenters. The van der Waals surface area contributed by atoms with E-state index in [1.165, 1.54) is 11.8 Å². The number of carbonyl (C=O) groups excluding carboxylic acids is 3. The molecule has 1 aromatic carbocycles. The molecule has 1 heterocycles. The highest BCUT2D eigenvalue weighted by Crippen LogP contribution is 2.25. The molecule has 24 heavy (non-hydrogen) atoms. The summed E-state index contributed by atoms with van der Waals surface area (Å²) in [6.45, 7) is 2.37. The molecular weight excluding hydrogens is 312 g/mol. The average molecular weight is 334 g/mol. The van der Waals surface area contributed by atoms with Gasteiger partial charge in [-0.25, -0.2) is 0 Å². The van der Waals surface area contributed by atoms with E-state index in [0.29, 0.717) is 30.7 Å². The summed E-state index contributed by atoms with van der Waals surface area (Å²) in [5.41, 5.74) is 0.630. The van der Waals surface area contributed by atoms with Gasteiger partial charge in [-0.1, -0.05) is 12.1 Å². The summed E-state index contributed by atoms with van der Waals surface area (Å²) in [5.74, 6) is -1.29. The maximum Gasteiger partial charge on any atom is 0.262 e. The molecule has 2 rings (SSSR count). The first-order valence-corrected chi connectivity index (χ1v) is 7.88. The molecule has 0 radical (unpaired) electrons. The number of aliphatic hydroxyl groups is 1. The molecule has 1 unspecified atom stereocenters. The van der Waals surface area contributed by atoms with Gasteiger partial charge in [-0.05, 0) is 25.5 Å². The molecule has 1 aliphatic heterocycles. The third-order valence-electron chi connectivity index (χ3n) is 4.03. The SMILES string of the molecule is COCCCN(CCO)C(=O)C(C)N1C(=O)c2ccccc2C1=O. The van der Waals surface area contributed by atoms with E-state index in [-0.39, 0.29) is 19.1 Å². The number of carbonyl (C=O) groups is 3. The van der Waals surface area contributed by atoms with Gasteiger partial charge in [0.1, 0.15) is 6.04 Å². The van der Waals surface area contributed by atoms with Gasteiger partial charge in [0.25, 0.3) is 11.8 Å². The van der Waals surface area contributed by atoms with Crippen molar-refractivity contribution in [2.75, 3.05) is 33.4 Å². The van der Waals surface area contributed by atoms with Crippen molar-refractivity contribution in [2.45, 2.75) is 19.4 Å². The fourth-order valence-electron chi connectivity index (χ4n) is 2.79. The van der Waals surface area contributed by atoms with Gasteiger partial charge in [0.05, 0.1) is 17.7 Å². The van der Waals surface area contributed by atoms with Crippen LogP contribution in [-0.4, -0.2) is 72.1 Å². The van der Waals surface area contributed by atoms with Gasteiger partial charge in [-0.3, -0.25) is 19.3 Å². The number of benzene rings is 1. The van der Waals surface area contributed by atoms with Crippen molar-refractivity contribution in [3.63, 3.8) is 0 Å². The Morgan fingerprint density at radius 3 is 2.29 bits per heavy atom. The van der Waals surface area contributed by atoms with Crippen LogP contribution in [0.25, 0.3) is 0 Å². The molecule has 0 aliphatic carbocycles. The predicted molar refractivity (Wildman–Crippen MR) is 86.6 cm³/mol. The van der Waals surface area contributed by atoms with Gasteiger partial charge in [0, 0.05) is 26.8 Å². The van der Waals surface area contributed by atoms with Crippen LogP contribution in [0.5, 0.6) is 0 Å². The lowest BCUT2D eigenvalue weighted by molar-refractivity contribution is -0.135. The Labute approximate surface area is 140 Å². The molecule has 1 aliphatic rings. The fourth-order valence-corrected chi connectivity index (χ4v) is 2.79. The second-order valence-electron chi connectivity index (χ2n) is 5.60. The molecule has 3 amide bonds. The van der Waals surface area contributed by atoms with Crippen LogP contribution in [0.1, 0.15) is 34.1 Å². The molecule has 0 bridgehead atoms. The van der Waals surface area contributed by atoms with E-state index >= 15 is 0 Å². The number of methoxy groups -OCH3 is 1. The van der Waals surface area contributed by atoms with Crippen LogP contribution in [0.15, 0.2) is 24.3 Å². The highest BCUT2D eigenvalue weighted by Gasteiger charge is 2.41. The lowest BCUT2D eigenvalue weighted by Gasteiger charge is -2.29. The Balaban J connectivity index is 2.15. The molecule has 7 nitrogen and oxygen atoms in total. The number of ether oxygens (including phenoxy) is 1. The maximum absolute atomic E-state index is 12.7. The van der Waals surface area contributed by atoms with Crippen molar-refractivity contribution in [3.8, 4) is 0 Å². The lowest BCUT2D eigenvalue weighted by atomic mass is 10.1. The first-order chi connectivity index (χ1) is 11.5. The van der Waals surface area contributed by atoms with Gasteiger partial charge in [0.2, 0.25) is 5.91 Å². The van der Waals surface area contributed by atoms with Gasteiger partial charge in [-0.15, -0.1) is 0 Å². The second kappa shape index (κ2) is 8.03. The van der Waals surface area contributed by atoms with Crippen LogP contribution in [0.4, 0.5) is 0 Å². The van der Waals surface area contributed by atoms with Gasteiger partial charge in [0.15, 0.2) is 0 Å². The van der Waals surface area contributed by atoms with E-state index in [4.69, 9.17) is 9.84 Å². The summed E-state index contributed by atoms with van der Waals surface area (Å²) in [6.07, 6.45) is 0.608. The predicted octanol–water partition coefficient (Wildman–Crippen LogP) is 0.528. The highest BCUT2D eigenvalue weighted by atomic mass is 16.5. The van der Waals surface area contributed by atoms with E-state index in [0.717, 1.165) is 4.90 Å². The monoisotopic (exact) mass is 334 g/mol. The van der Waals surface area contributed by atoms with Crippen molar-refractivity contribution in [3.05, 3.63) is 35.4 Å². The summed E-state index contributed by atoms with van der Waals surface area (Å²) in [4.78, 5) is 40.0.